The fourth-order valence-corrected chi connectivity index (χ4v) is 1.35. The fraction of sp³-hybridized carbons (Fsp3) is 0.538. The van der Waals surface area contributed by atoms with Crippen LogP contribution in [-0.4, -0.2) is 26.9 Å². The van der Waals surface area contributed by atoms with E-state index >= 15 is 0 Å². The van der Waals surface area contributed by atoms with Gasteiger partial charge in [0, 0.05) is 19.6 Å². The maximum Gasteiger partial charge on any atom is 0.125 e. The molecular weight excluding hydrogens is 204 g/mol. The third-order valence-electron chi connectivity index (χ3n) is 2.57. The highest BCUT2D eigenvalue weighted by molar-refractivity contribution is 5.39. The molecule has 90 valence electrons. The summed E-state index contributed by atoms with van der Waals surface area (Å²) in [4.78, 5) is 0. The summed E-state index contributed by atoms with van der Waals surface area (Å²) in [5, 5.41) is 0. The third kappa shape index (κ3) is 3.74. The molecule has 0 heterocycles. The largest absolute Gasteiger partial charge is 0.496 e. The lowest BCUT2D eigenvalue weighted by molar-refractivity contribution is 0.0955. The molecule has 0 spiro atoms. The van der Waals surface area contributed by atoms with E-state index in [2.05, 4.69) is 0 Å². The summed E-state index contributed by atoms with van der Waals surface area (Å²) < 4.78 is 16.0. The summed E-state index contributed by atoms with van der Waals surface area (Å²) in [6.07, 6.45) is 1.11. The minimum absolute atomic E-state index is 0.229. The van der Waals surface area contributed by atoms with Crippen LogP contribution < -0.4 is 9.47 Å². The van der Waals surface area contributed by atoms with Gasteiger partial charge in [-0.2, -0.15) is 0 Å². The molecule has 3 heteroatoms. The summed E-state index contributed by atoms with van der Waals surface area (Å²) in [7, 11) is 3.37. The SMILES string of the molecule is COc1cc(OCCC(C)OC)ccc1C. The van der Waals surface area contributed by atoms with Crippen LogP contribution in [0, 0.1) is 6.92 Å². The predicted molar refractivity (Wildman–Crippen MR) is 64.3 cm³/mol. The zero-order valence-corrected chi connectivity index (χ0v) is 10.4. The Balaban J connectivity index is 2.48. The highest BCUT2D eigenvalue weighted by Crippen LogP contribution is 2.23. The molecule has 0 aliphatic carbocycles. The van der Waals surface area contributed by atoms with E-state index in [0.717, 1.165) is 23.5 Å². The molecule has 0 amide bonds. The molecule has 0 radical (unpaired) electrons. The van der Waals surface area contributed by atoms with Gasteiger partial charge in [0.1, 0.15) is 11.5 Å². The van der Waals surface area contributed by atoms with Crippen LogP contribution in [0.25, 0.3) is 0 Å². The van der Waals surface area contributed by atoms with E-state index in [9.17, 15) is 0 Å². The topological polar surface area (TPSA) is 27.7 Å². The standard InChI is InChI=1S/C13H20O3/c1-10-5-6-12(9-13(10)15-4)16-8-7-11(2)14-3/h5-6,9,11H,7-8H2,1-4H3. The van der Waals surface area contributed by atoms with Gasteiger partial charge >= 0.3 is 0 Å². The second-order valence-corrected chi connectivity index (χ2v) is 3.81. The minimum atomic E-state index is 0.229. The highest BCUT2D eigenvalue weighted by Gasteiger charge is 2.03. The smallest absolute Gasteiger partial charge is 0.125 e. The van der Waals surface area contributed by atoms with Gasteiger partial charge in [0.15, 0.2) is 0 Å². The van der Waals surface area contributed by atoms with Crippen molar-refractivity contribution in [2.75, 3.05) is 20.8 Å². The Bertz CT molecular complexity index is 323. The van der Waals surface area contributed by atoms with Gasteiger partial charge in [-0.1, -0.05) is 6.07 Å². The number of benzene rings is 1. The van der Waals surface area contributed by atoms with E-state index in [1.807, 2.05) is 32.0 Å². The van der Waals surface area contributed by atoms with Crippen LogP contribution in [0.2, 0.25) is 0 Å². The molecule has 3 nitrogen and oxygen atoms in total. The summed E-state index contributed by atoms with van der Waals surface area (Å²) >= 11 is 0. The van der Waals surface area contributed by atoms with E-state index in [0.29, 0.717) is 6.61 Å². The van der Waals surface area contributed by atoms with E-state index in [-0.39, 0.29) is 6.10 Å². The Hall–Kier alpha value is -1.22. The van der Waals surface area contributed by atoms with Crippen molar-refractivity contribution in [2.45, 2.75) is 26.4 Å². The summed E-state index contributed by atoms with van der Waals surface area (Å²) in [6, 6.07) is 5.86. The van der Waals surface area contributed by atoms with Gasteiger partial charge < -0.3 is 14.2 Å². The lowest BCUT2D eigenvalue weighted by Crippen LogP contribution is -2.10. The molecular formula is C13H20O3. The first kappa shape index (κ1) is 12.8. The van der Waals surface area contributed by atoms with Crippen molar-refractivity contribution in [1.29, 1.82) is 0 Å². The minimum Gasteiger partial charge on any atom is -0.496 e. The lowest BCUT2D eigenvalue weighted by atomic mass is 10.2. The Morgan fingerprint density at radius 1 is 1.25 bits per heavy atom. The Morgan fingerprint density at radius 3 is 2.62 bits per heavy atom. The number of rotatable bonds is 6. The van der Waals surface area contributed by atoms with Gasteiger partial charge in [0.2, 0.25) is 0 Å². The zero-order chi connectivity index (χ0) is 12.0. The normalized spacial score (nSPS) is 12.2. The molecule has 0 aliphatic rings. The first-order valence-electron chi connectivity index (χ1n) is 5.47. The van der Waals surface area contributed by atoms with Crippen LogP contribution in [0.4, 0.5) is 0 Å². The van der Waals surface area contributed by atoms with Gasteiger partial charge in [-0.25, -0.2) is 0 Å². The zero-order valence-electron chi connectivity index (χ0n) is 10.4. The van der Waals surface area contributed by atoms with Gasteiger partial charge in [-0.3, -0.25) is 0 Å². The maximum atomic E-state index is 5.62. The van der Waals surface area contributed by atoms with Gasteiger partial charge in [-0.05, 0) is 25.5 Å². The molecule has 1 aromatic rings. The van der Waals surface area contributed by atoms with E-state index in [1.165, 1.54) is 0 Å². The summed E-state index contributed by atoms with van der Waals surface area (Å²) in [5.74, 6) is 1.70. The second kappa shape index (κ2) is 6.38. The van der Waals surface area contributed by atoms with Crippen molar-refractivity contribution in [3.63, 3.8) is 0 Å². The summed E-state index contributed by atoms with van der Waals surface area (Å²) in [5.41, 5.74) is 1.11. The number of hydrogen-bond donors (Lipinski definition) is 0. The Kier molecular flexibility index (Phi) is 5.12. The van der Waals surface area contributed by atoms with Crippen LogP contribution in [0.5, 0.6) is 11.5 Å². The molecule has 0 fully saturated rings. The van der Waals surface area contributed by atoms with Crippen molar-refractivity contribution < 1.29 is 14.2 Å². The average Bonchev–Trinajstić information content (AvgIpc) is 2.31. The van der Waals surface area contributed by atoms with E-state index in [4.69, 9.17) is 14.2 Å². The van der Waals surface area contributed by atoms with Crippen molar-refractivity contribution in [1.82, 2.24) is 0 Å². The average molecular weight is 224 g/mol. The van der Waals surface area contributed by atoms with E-state index in [1.54, 1.807) is 14.2 Å². The molecule has 1 atom stereocenters. The van der Waals surface area contributed by atoms with Crippen molar-refractivity contribution in [3.05, 3.63) is 23.8 Å². The van der Waals surface area contributed by atoms with Crippen molar-refractivity contribution in [3.8, 4) is 11.5 Å². The van der Waals surface area contributed by atoms with Gasteiger partial charge in [0.05, 0.1) is 19.8 Å². The molecule has 0 aromatic heterocycles. The van der Waals surface area contributed by atoms with Gasteiger partial charge in [-0.15, -0.1) is 0 Å². The van der Waals surface area contributed by atoms with Crippen LogP contribution in [0.3, 0.4) is 0 Å². The Labute approximate surface area is 97.3 Å². The third-order valence-corrected chi connectivity index (χ3v) is 2.57. The van der Waals surface area contributed by atoms with Crippen LogP contribution >= 0.6 is 0 Å². The molecule has 0 saturated heterocycles. The quantitative estimate of drug-likeness (QED) is 0.743. The first-order valence-corrected chi connectivity index (χ1v) is 5.47. The summed E-state index contributed by atoms with van der Waals surface area (Å²) in [6.45, 7) is 4.69. The number of methoxy groups -OCH3 is 2. The van der Waals surface area contributed by atoms with E-state index < -0.39 is 0 Å². The van der Waals surface area contributed by atoms with Crippen LogP contribution in [-0.2, 0) is 4.74 Å². The molecule has 16 heavy (non-hydrogen) atoms. The van der Waals surface area contributed by atoms with Crippen LogP contribution in [0.1, 0.15) is 18.9 Å². The lowest BCUT2D eigenvalue weighted by Gasteiger charge is -2.12. The second-order valence-electron chi connectivity index (χ2n) is 3.81. The first-order chi connectivity index (χ1) is 7.67. The molecule has 0 aliphatic heterocycles. The molecule has 1 aromatic carbocycles. The molecule has 1 rings (SSSR count). The van der Waals surface area contributed by atoms with Crippen LogP contribution in [0.15, 0.2) is 18.2 Å². The molecule has 0 saturated carbocycles. The van der Waals surface area contributed by atoms with Gasteiger partial charge in [0.25, 0.3) is 0 Å². The number of aryl methyl sites for hydroxylation is 1. The molecule has 0 bridgehead atoms. The highest BCUT2D eigenvalue weighted by atomic mass is 16.5. The maximum absolute atomic E-state index is 5.62. The van der Waals surface area contributed by atoms with Crippen molar-refractivity contribution >= 4 is 0 Å². The van der Waals surface area contributed by atoms with Crippen molar-refractivity contribution in [2.24, 2.45) is 0 Å². The molecule has 0 N–H and O–H groups in total. The molecule has 1 unspecified atom stereocenters. The Morgan fingerprint density at radius 2 is 2.00 bits per heavy atom. The predicted octanol–water partition coefficient (Wildman–Crippen LogP) is 2.81. The fourth-order valence-electron chi connectivity index (χ4n) is 1.35. The number of ether oxygens (including phenoxy) is 3. The monoisotopic (exact) mass is 224 g/mol. The number of hydrogen-bond acceptors (Lipinski definition) is 3.